The van der Waals surface area contributed by atoms with Gasteiger partial charge in [-0.05, 0) is 24.5 Å². The fourth-order valence-electron chi connectivity index (χ4n) is 3.14. The molecule has 116 valence electrons. The lowest BCUT2D eigenvalue weighted by Gasteiger charge is -2.20. The highest BCUT2D eigenvalue weighted by atomic mass is 16.4. The lowest BCUT2D eigenvalue weighted by molar-refractivity contribution is -0.255. The molecule has 5 heteroatoms. The Morgan fingerprint density at radius 1 is 1.09 bits per heavy atom. The first kappa shape index (κ1) is 14.6. The maximum absolute atomic E-state index is 12.5. The van der Waals surface area contributed by atoms with Gasteiger partial charge in [0, 0.05) is 24.0 Å². The Morgan fingerprint density at radius 3 is 2.45 bits per heavy atom. The SMILES string of the molecule is O=C([O-])c1[nH]c2ccccc2c1CC(=O)N1CCCCCC1. The Kier molecular flexibility index (Phi) is 4.13. The first-order valence-electron chi connectivity index (χ1n) is 7.75. The summed E-state index contributed by atoms with van der Waals surface area (Å²) in [4.78, 5) is 28.6. The summed E-state index contributed by atoms with van der Waals surface area (Å²) in [6.45, 7) is 1.53. The second-order valence-corrected chi connectivity index (χ2v) is 5.78. The molecule has 0 saturated carbocycles. The molecule has 0 spiro atoms. The number of H-pyrrole nitrogens is 1. The number of carboxylic acids is 1. The fourth-order valence-corrected chi connectivity index (χ4v) is 3.14. The van der Waals surface area contributed by atoms with Crippen molar-refractivity contribution in [3.63, 3.8) is 0 Å². The molecule has 1 aromatic heterocycles. The topological polar surface area (TPSA) is 76.2 Å². The lowest BCUT2D eigenvalue weighted by atomic mass is 10.1. The van der Waals surface area contributed by atoms with E-state index in [9.17, 15) is 14.7 Å². The number of aromatic carboxylic acids is 1. The second-order valence-electron chi connectivity index (χ2n) is 5.78. The van der Waals surface area contributed by atoms with Crippen molar-refractivity contribution in [2.75, 3.05) is 13.1 Å². The van der Waals surface area contributed by atoms with Crippen molar-refractivity contribution in [1.29, 1.82) is 0 Å². The van der Waals surface area contributed by atoms with Gasteiger partial charge >= 0.3 is 0 Å². The molecule has 1 aromatic carbocycles. The largest absolute Gasteiger partial charge is 0.543 e. The van der Waals surface area contributed by atoms with Gasteiger partial charge in [0.25, 0.3) is 0 Å². The number of aromatic nitrogens is 1. The molecule has 1 saturated heterocycles. The quantitative estimate of drug-likeness (QED) is 0.932. The van der Waals surface area contributed by atoms with E-state index < -0.39 is 5.97 Å². The van der Waals surface area contributed by atoms with E-state index in [1.165, 1.54) is 0 Å². The van der Waals surface area contributed by atoms with Gasteiger partial charge in [0.05, 0.1) is 18.1 Å². The number of nitrogens with zero attached hydrogens (tertiary/aromatic N) is 1. The third-order valence-corrected chi connectivity index (χ3v) is 4.30. The number of hydrogen-bond acceptors (Lipinski definition) is 3. The van der Waals surface area contributed by atoms with Gasteiger partial charge in [0.1, 0.15) is 0 Å². The van der Waals surface area contributed by atoms with Crippen molar-refractivity contribution in [3.8, 4) is 0 Å². The number of amides is 1. The highest BCUT2D eigenvalue weighted by Crippen LogP contribution is 2.23. The van der Waals surface area contributed by atoms with Crippen LogP contribution in [0.3, 0.4) is 0 Å². The van der Waals surface area contributed by atoms with Crippen LogP contribution in [-0.2, 0) is 11.2 Å². The molecule has 0 atom stereocenters. The van der Waals surface area contributed by atoms with Crippen LogP contribution in [0.1, 0.15) is 41.7 Å². The van der Waals surface area contributed by atoms with Gasteiger partial charge < -0.3 is 19.8 Å². The van der Waals surface area contributed by atoms with Crippen LogP contribution in [0.2, 0.25) is 0 Å². The minimum Gasteiger partial charge on any atom is -0.543 e. The maximum Gasteiger partial charge on any atom is 0.227 e. The molecule has 0 radical (unpaired) electrons. The minimum absolute atomic E-state index is 0.00541. The average molecular weight is 299 g/mol. The number of nitrogens with one attached hydrogen (secondary N) is 1. The van der Waals surface area contributed by atoms with Crippen LogP contribution >= 0.6 is 0 Å². The van der Waals surface area contributed by atoms with Crippen LogP contribution in [0.25, 0.3) is 10.9 Å². The summed E-state index contributed by atoms with van der Waals surface area (Å²) < 4.78 is 0. The van der Waals surface area contributed by atoms with E-state index in [1.54, 1.807) is 0 Å². The number of para-hydroxylation sites is 1. The zero-order valence-electron chi connectivity index (χ0n) is 12.4. The van der Waals surface area contributed by atoms with Crippen LogP contribution in [0.15, 0.2) is 24.3 Å². The molecule has 2 heterocycles. The molecule has 1 aliphatic rings. The van der Waals surface area contributed by atoms with Crippen LogP contribution in [-0.4, -0.2) is 34.8 Å². The standard InChI is InChI=1S/C17H20N2O3/c20-15(19-9-5-1-2-6-10-19)11-13-12-7-3-4-8-14(12)18-16(13)17(21)22/h3-4,7-8,18H,1-2,5-6,9-11H2,(H,21,22)/p-1. The van der Waals surface area contributed by atoms with Crippen molar-refractivity contribution in [2.45, 2.75) is 32.1 Å². The molecule has 1 N–H and O–H groups in total. The fraction of sp³-hybridized carbons (Fsp3) is 0.412. The van der Waals surface area contributed by atoms with Gasteiger partial charge in [0.2, 0.25) is 5.91 Å². The van der Waals surface area contributed by atoms with Crippen LogP contribution in [0.4, 0.5) is 0 Å². The van der Waals surface area contributed by atoms with Crippen LogP contribution < -0.4 is 5.11 Å². The van der Waals surface area contributed by atoms with Crippen LogP contribution in [0, 0.1) is 0 Å². The molecule has 1 fully saturated rings. The van der Waals surface area contributed by atoms with Gasteiger partial charge in [-0.3, -0.25) is 4.79 Å². The zero-order valence-corrected chi connectivity index (χ0v) is 12.4. The number of carbonyl (C=O) groups excluding carboxylic acids is 2. The van der Waals surface area contributed by atoms with Gasteiger partial charge in [0.15, 0.2) is 0 Å². The molecule has 0 bridgehead atoms. The number of rotatable bonds is 3. The summed E-state index contributed by atoms with van der Waals surface area (Å²) in [5.41, 5.74) is 1.27. The monoisotopic (exact) mass is 299 g/mol. The van der Waals surface area contributed by atoms with E-state index in [0.29, 0.717) is 5.56 Å². The predicted octanol–water partition coefficient (Wildman–Crippen LogP) is 1.48. The number of fused-ring (bicyclic) bond motifs is 1. The molecule has 3 rings (SSSR count). The number of carboxylic acid groups (broad SMARTS) is 1. The van der Waals surface area contributed by atoms with E-state index in [-0.39, 0.29) is 18.0 Å². The molecular formula is C17H19N2O3-. The second kappa shape index (κ2) is 6.22. The van der Waals surface area contributed by atoms with Gasteiger partial charge in [-0.25, -0.2) is 0 Å². The van der Waals surface area contributed by atoms with Gasteiger partial charge in [-0.1, -0.05) is 31.0 Å². The van der Waals surface area contributed by atoms with Crippen molar-refractivity contribution in [3.05, 3.63) is 35.5 Å². The summed E-state index contributed by atoms with van der Waals surface area (Å²) in [7, 11) is 0. The third kappa shape index (κ3) is 2.84. The van der Waals surface area contributed by atoms with Gasteiger partial charge in [-0.15, -0.1) is 0 Å². The molecule has 1 aliphatic heterocycles. The van der Waals surface area contributed by atoms with E-state index in [4.69, 9.17) is 0 Å². The van der Waals surface area contributed by atoms with Crippen LogP contribution in [0.5, 0.6) is 0 Å². The molecule has 0 unspecified atom stereocenters. The number of carbonyl (C=O) groups is 2. The molecule has 1 amide bonds. The Labute approximate surface area is 128 Å². The van der Waals surface area contributed by atoms with Crippen molar-refractivity contribution in [2.24, 2.45) is 0 Å². The third-order valence-electron chi connectivity index (χ3n) is 4.30. The van der Waals surface area contributed by atoms with Crippen molar-refractivity contribution < 1.29 is 14.7 Å². The molecule has 2 aromatic rings. The highest BCUT2D eigenvalue weighted by molar-refractivity contribution is 5.99. The molecule has 22 heavy (non-hydrogen) atoms. The van der Waals surface area contributed by atoms with Gasteiger partial charge in [-0.2, -0.15) is 0 Å². The predicted molar refractivity (Wildman–Crippen MR) is 81.4 cm³/mol. The lowest BCUT2D eigenvalue weighted by Crippen LogP contribution is -2.34. The summed E-state index contributed by atoms with van der Waals surface area (Å²) in [6.07, 6.45) is 4.45. The van der Waals surface area contributed by atoms with Crippen molar-refractivity contribution >= 4 is 22.8 Å². The number of hydrogen-bond donors (Lipinski definition) is 1. The summed E-state index contributed by atoms with van der Waals surface area (Å²) in [5.74, 6) is -1.27. The van der Waals surface area contributed by atoms with E-state index in [1.807, 2.05) is 29.2 Å². The first-order chi connectivity index (χ1) is 10.7. The summed E-state index contributed by atoms with van der Waals surface area (Å²) in [5, 5.41) is 12.1. The maximum atomic E-state index is 12.5. The van der Waals surface area contributed by atoms with E-state index >= 15 is 0 Å². The normalized spacial score (nSPS) is 15.7. The Bertz CT molecular complexity index is 697. The van der Waals surface area contributed by atoms with E-state index in [0.717, 1.165) is 49.7 Å². The highest BCUT2D eigenvalue weighted by Gasteiger charge is 2.20. The smallest absolute Gasteiger partial charge is 0.227 e. The first-order valence-corrected chi connectivity index (χ1v) is 7.75. The average Bonchev–Trinajstić information content (AvgIpc) is 2.70. The Hall–Kier alpha value is -2.30. The number of benzene rings is 1. The summed E-state index contributed by atoms with van der Waals surface area (Å²) >= 11 is 0. The Balaban J connectivity index is 1.90. The van der Waals surface area contributed by atoms with E-state index in [2.05, 4.69) is 4.98 Å². The number of aromatic amines is 1. The zero-order chi connectivity index (χ0) is 15.5. The summed E-state index contributed by atoms with van der Waals surface area (Å²) in [6, 6.07) is 7.32. The Morgan fingerprint density at radius 2 is 1.77 bits per heavy atom. The molecule has 0 aliphatic carbocycles. The van der Waals surface area contributed by atoms with Crippen molar-refractivity contribution in [1.82, 2.24) is 9.88 Å². The number of likely N-dealkylation sites (tertiary alicyclic amines) is 1. The molecular weight excluding hydrogens is 280 g/mol. The minimum atomic E-state index is -1.27. The molecule has 5 nitrogen and oxygen atoms in total.